The molecule has 0 unspecified atom stereocenters. The fraction of sp³-hybridized carbons (Fsp3) is 0.500. The van der Waals surface area contributed by atoms with Crippen molar-refractivity contribution < 1.29 is 14.3 Å². The van der Waals surface area contributed by atoms with Crippen molar-refractivity contribution in [1.82, 2.24) is 4.90 Å². The van der Waals surface area contributed by atoms with Crippen LogP contribution in [0.25, 0.3) is 0 Å². The molecule has 21 heavy (non-hydrogen) atoms. The first-order chi connectivity index (χ1) is 10.1. The second-order valence-corrected chi connectivity index (χ2v) is 5.47. The fourth-order valence-corrected chi connectivity index (χ4v) is 2.69. The SMILES string of the molecule is C[C@H]1OCCC[C@H]1C(=O)N(CC(N)=O)Cc1ccccc1. The Morgan fingerprint density at radius 1 is 1.33 bits per heavy atom. The smallest absolute Gasteiger partial charge is 0.237 e. The van der Waals surface area contributed by atoms with E-state index < -0.39 is 5.91 Å². The lowest BCUT2D eigenvalue weighted by Gasteiger charge is -2.32. The molecule has 0 aromatic heterocycles. The van der Waals surface area contributed by atoms with Crippen LogP contribution in [-0.2, 0) is 20.9 Å². The average Bonchev–Trinajstić information content (AvgIpc) is 2.47. The van der Waals surface area contributed by atoms with Crippen LogP contribution >= 0.6 is 0 Å². The molecule has 1 saturated heterocycles. The molecule has 1 aliphatic heterocycles. The quantitative estimate of drug-likeness (QED) is 0.888. The predicted octanol–water partition coefficient (Wildman–Crippen LogP) is 1.32. The molecule has 1 fully saturated rings. The summed E-state index contributed by atoms with van der Waals surface area (Å²) in [7, 11) is 0. The minimum atomic E-state index is -0.497. The van der Waals surface area contributed by atoms with Crippen molar-refractivity contribution in [3.8, 4) is 0 Å². The standard InChI is InChI=1S/C16H22N2O3/c1-12-14(8-5-9-21-12)16(20)18(11-15(17)19)10-13-6-3-2-4-7-13/h2-4,6-7,12,14H,5,8-11H2,1H3,(H2,17,19)/t12-,14-/m1/s1. The van der Waals surface area contributed by atoms with Gasteiger partial charge in [-0.3, -0.25) is 9.59 Å². The monoisotopic (exact) mass is 290 g/mol. The molecule has 2 N–H and O–H groups in total. The lowest BCUT2D eigenvalue weighted by molar-refractivity contribution is -0.146. The maximum absolute atomic E-state index is 12.7. The maximum atomic E-state index is 12.7. The highest BCUT2D eigenvalue weighted by Gasteiger charge is 2.32. The molecule has 1 aromatic rings. The van der Waals surface area contributed by atoms with Gasteiger partial charge in [-0.25, -0.2) is 0 Å². The van der Waals surface area contributed by atoms with Gasteiger partial charge in [0.05, 0.1) is 18.6 Å². The van der Waals surface area contributed by atoms with E-state index >= 15 is 0 Å². The van der Waals surface area contributed by atoms with Gasteiger partial charge in [0.2, 0.25) is 11.8 Å². The van der Waals surface area contributed by atoms with Crippen LogP contribution in [0.1, 0.15) is 25.3 Å². The van der Waals surface area contributed by atoms with Crippen LogP contribution in [0.5, 0.6) is 0 Å². The maximum Gasteiger partial charge on any atom is 0.237 e. The summed E-state index contributed by atoms with van der Waals surface area (Å²) >= 11 is 0. The molecule has 2 atom stereocenters. The summed E-state index contributed by atoms with van der Waals surface area (Å²) in [6.45, 7) is 2.94. The molecule has 2 rings (SSSR count). The van der Waals surface area contributed by atoms with E-state index in [2.05, 4.69) is 0 Å². The Balaban J connectivity index is 2.11. The summed E-state index contributed by atoms with van der Waals surface area (Å²) in [4.78, 5) is 25.5. The van der Waals surface area contributed by atoms with E-state index in [1.807, 2.05) is 37.3 Å². The first-order valence-corrected chi connectivity index (χ1v) is 7.30. The fourth-order valence-electron chi connectivity index (χ4n) is 2.69. The van der Waals surface area contributed by atoms with Crippen LogP contribution in [0.15, 0.2) is 30.3 Å². The number of primary amides is 1. The van der Waals surface area contributed by atoms with E-state index in [-0.39, 0.29) is 24.5 Å². The van der Waals surface area contributed by atoms with Crippen LogP contribution in [0.2, 0.25) is 0 Å². The van der Waals surface area contributed by atoms with Crippen LogP contribution in [0.3, 0.4) is 0 Å². The number of ether oxygens (including phenoxy) is 1. The van der Waals surface area contributed by atoms with E-state index in [0.29, 0.717) is 13.2 Å². The van der Waals surface area contributed by atoms with Crippen LogP contribution in [0, 0.1) is 5.92 Å². The molecule has 5 nitrogen and oxygen atoms in total. The Morgan fingerprint density at radius 3 is 2.67 bits per heavy atom. The van der Waals surface area contributed by atoms with E-state index in [4.69, 9.17) is 10.5 Å². The highest BCUT2D eigenvalue weighted by Crippen LogP contribution is 2.23. The Bertz CT molecular complexity index is 490. The Morgan fingerprint density at radius 2 is 2.05 bits per heavy atom. The lowest BCUT2D eigenvalue weighted by atomic mass is 9.93. The van der Waals surface area contributed by atoms with Gasteiger partial charge in [-0.15, -0.1) is 0 Å². The first kappa shape index (κ1) is 15.5. The van der Waals surface area contributed by atoms with E-state index in [0.717, 1.165) is 18.4 Å². The summed E-state index contributed by atoms with van der Waals surface area (Å²) < 4.78 is 5.55. The van der Waals surface area contributed by atoms with Gasteiger partial charge in [-0.1, -0.05) is 30.3 Å². The minimum Gasteiger partial charge on any atom is -0.378 e. The van der Waals surface area contributed by atoms with Gasteiger partial charge in [0.15, 0.2) is 0 Å². The van der Waals surface area contributed by atoms with E-state index in [1.165, 1.54) is 4.90 Å². The molecular weight excluding hydrogens is 268 g/mol. The molecule has 0 radical (unpaired) electrons. The second kappa shape index (κ2) is 7.22. The topological polar surface area (TPSA) is 72.6 Å². The third-order valence-electron chi connectivity index (χ3n) is 3.80. The second-order valence-electron chi connectivity index (χ2n) is 5.47. The van der Waals surface area contributed by atoms with Crippen LogP contribution in [-0.4, -0.2) is 36.0 Å². The molecule has 1 aliphatic rings. The van der Waals surface area contributed by atoms with Crippen molar-refractivity contribution in [1.29, 1.82) is 0 Å². The summed E-state index contributed by atoms with van der Waals surface area (Å²) in [6.07, 6.45) is 1.55. The van der Waals surface area contributed by atoms with Crippen molar-refractivity contribution in [2.75, 3.05) is 13.2 Å². The molecule has 5 heteroatoms. The van der Waals surface area contributed by atoms with Gasteiger partial charge < -0.3 is 15.4 Å². The van der Waals surface area contributed by atoms with Crippen LogP contribution < -0.4 is 5.73 Å². The highest BCUT2D eigenvalue weighted by molar-refractivity contribution is 5.85. The largest absolute Gasteiger partial charge is 0.378 e. The highest BCUT2D eigenvalue weighted by atomic mass is 16.5. The van der Waals surface area contributed by atoms with Crippen LogP contribution in [0.4, 0.5) is 0 Å². The average molecular weight is 290 g/mol. The number of benzene rings is 1. The van der Waals surface area contributed by atoms with Gasteiger partial charge in [0, 0.05) is 13.2 Å². The number of amides is 2. The zero-order valence-corrected chi connectivity index (χ0v) is 12.3. The zero-order chi connectivity index (χ0) is 15.2. The summed E-state index contributed by atoms with van der Waals surface area (Å²) in [5, 5.41) is 0. The van der Waals surface area contributed by atoms with Crippen molar-refractivity contribution in [3.63, 3.8) is 0 Å². The van der Waals surface area contributed by atoms with Crippen molar-refractivity contribution in [3.05, 3.63) is 35.9 Å². The number of hydrogen-bond donors (Lipinski definition) is 1. The number of nitrogens with zero attached hydrogens (tertiary/aromatic N) is 1. The van der Waals surface area contributed by atoms with Gasteiger partial charge in [-0.05, 0) is 25.3 Å². The Labute approximate surface area is 125 Å². The minimum absolute atomic E-state index is 0.0511. The molecular formula is C16H22N2O3. The normalized spacial score (nSPS) is 21.8. The number of carbonyl (C=O) groups excluding carboxylic acids is 2. The molecule has 1 aromatic carbocycles. The van der Waals surface area contributed by atoms with E-state index in [9.17, 15) is 9.59 Å². The summed E-state index contributed by atoms with van der Waals surface area (Å²) in [6, 6.07) is 9.61. The van der Waals surface area contributed by atoms with E-state index in [1.54, 1.807) is 0 Å². The number of hydrogen-bond acceptors (Lipinski definition) is 3. The number of nitrogens with two attached hydrogens (primary N) is 1. The molecule has 0 aliphatic carbocycles. The molecule has 1 heterocycles. The zero-order valence-electron chi connectivity index (χ0n) is 12.3. The first-order valence-electron chi connectivity index (χ1n) is 7.30. The number of rotatable bonds is 5. The summed E-state index contributed by atoms with van der Waals surface area (Å²) in [5.74, 6) is -0.740. The van der Waals surface area contributed by atoms with Gasteiger partial charge >= 0.3 is 0 Å². The van der Waals surface area contributed by atoms with Crippen molar-refractivity contribution in [2.24, 2.45) is 11.7 Å². The third kappa shape index (κ3) is 4.29. The van der Waals surface area contributed by atoms with Crippen molar-refractivity contribution in [2.45, 2.75) is 32.4 Å². The molecule has 114 valence electrons. The van der Waals surface area contributed by atoms with Crippen molar-refractivity contribution >= 4 is 11.8 Å². The number of carbonyl (C=O) groups is 2. The third-order valence-corrected chi connectivity index (χ3v) is 3.80. The Kier molecular flexibility index (Phi) is 5.33. The van der Waals surface area contributed by atoms with Gasteiger partial charge in [-0.2, -0.15) is 0 Å². The molecule has 0 spiro atoms. The molecule has 0 bridgehead atoms. The Hall–Kier alpha value is -1.88. The van der Waals surface area contributed by atoms with Gasteiger partial charge in [0.25, 0.3) is 0 Å². The van der Waals surface area contributed by atoms with Gasteiger partial charge in [0.1, 0.15) is 0 Å². The summed E-state index contributed by atoms with van der Waals surface area (Å²) in [5.41, 5.74) is 6.27. The molecule has 2 amide bonds. The lowest BCUT2D eigenvalue weighted by Crippen LogP contribution is -2.45. The predicted molar refractivity (Wildman–Crippen MR) is 79.2 cm³/mol. The molecule has 0 saturated carbocycles.